The Bertz CT molecular complexity index is 467. The van der Waals surface area contributed by atoms with Crippen LogP contribution in [0.25, 0.3) is 0 Å². The van der Waals surface area contributed by atoms with Gasteiger partial charge < -0.3 is 15.0 Å². The molecule has 0 aliphatic carbocycles. The van der Waals surface area contributed by atoms with Crippen molar-refractivity contribution in [2.75, 3.05) is 26.2 Å². The fourth-order valence-corrected chi connectivity index (χ4v) is 2.31. The molecule has 0 unspecified atom stereocenters. The molecule has 6 heteroatoms. The van der Waals surface area contributed by atoms with Crippen LogP contribution in [0.15, 0.2) is 12.3 Å². The third kappa shape index (κ3) is 3.36. The van der Waals surface area contributed by atoms with Gasteiger partial charge in [0.05, 0.1) is 12.2 Å². The maximum Gasteiger partial charge on any atom is 0.255 e. The van der Waals surface area contributed by atoms with Crippen molar-refractivity contribution in [1.29, 1.82) is 0 Å². The van der Waals surface area contributed by atoms with Gasteiger partial charge in [0.2, 0.25) is 5.88 Å². The summed E-state index contributed by atoms with van der Waals surface area (Å²) in [4.78, 5) is 18.2. The van der Waals surface area contributed by atoms with Crippen molar-refractivity contribution in [2.24, 2.45) is 0 Å². The van der Waals surface area contributed by atoms with Gasteiger partial charge in [-0.1, -0.05) is 11.6 Å². The van der Waals surface area contributed by atoms with E-state index in [1.165, 1.54) is 6.20 Å². The Hall–Kier alpha value is -1.33. The van der Waals surface area contributed by atoms with Crippen molar-refractivity contribution < 1.29 is 9.53 Å². The van der Waals surface area contributed by atoms with Gasteiger partial charge in [-0.15, -0.1) is 0 Å². The highest BCUT2D eigenvalue weighted by molar-refractivity contribution is 6.32. The van der Waals surface area contributed by atoms with Gasteiger partial charge in [0.15, 0.2) is 0 Å². The minimum Gasteiger partial charge on any atom is -0.477 e. The Morgan fingerprint density at radius 1 is 1.68 bits per heavy atom. The second-order valence-electron chi connectivity index (χ2n) is 4.55. The van der Waals surface area contributed by atoms with Crippen LogP contribution < -0.4 is 10.1 Å². The molecular formula is C13H18ClN3O2. The van der Waals surface area contributed by atoms with Gasteiger partial charge >= 0.3 is 0 Å². The predicted octanol–water partition coefficient (Wildman–Crippen LogP) is 1.57. The largest absolute Gasteiger partial charge is 0.477 e. The van der Waals surface area contributed by atoms with Crippen LogP contribution in [0.2, 0.25) is 5.02 Å². The van der Waals surface area contributed by atoms with Crippen LogP contribution in [-0.4, -0.2) is 48.1 Å². The standard InChI is InChI=1S/C13H18ClN3O2/c1-3-19-12-11(14)6-10(7-16-12)13(18)17-5-4-15-9(2)8-17/h6-7,9,15H,3-5,8H2,1-2H3/t9-/m1/s1. The number of carbonyl (C=O) groups is 1. The van der Waals surface area contributed by atoms with Crippen molar-refractivity contribution in [3.05, 3.63) is 22.8 Å². The second-order valence-corrected chi connectivity index (χ2v) is 4.96. The van der Waals surface area contributed by atoms with E-state index in [0.717, 1.165) is 6.54 Å². The van der Waals surface area contributed by atoms with Crippen molar-refractivity contribution in [3.63, 3.8) is 0 Å². The quantitative estimate of drug-likeness (QED) is 0.915. The molecule has 1 atom stereocenters. The number of nitrogens with one attached hydrogen (secondary N) is 1. The Labute approximate surface area is 117 Å². The van der Waals surface area contributed by atoms with E-state index in [4.69, 9.17) is 16.3 Å². The summed E-state index contributed by atoms with van der Waals surface area (Å²) < 4.78 is 5.26. The Kier molecular flexibility index (Phi) is 4.61. The lowest BCUT2D eigenvalue weighted by molar-refractivity contribution is 0.0708. The minimum atomic E-state index is -0.0363. The number of pyridine rings is 1. The van der Waals surface area contributed by atoms with Crippen LogP contribution in [-0.2, 0) is 0 Å². The molecule has 2 rings (SSSR count). The zero-order valence-electron chi connectivity index (χ0n) is 11.1. The fraction of sp³-hybridized carbons (Fsp3) is 0.538. The van der Waals surface area contributed by atoms with E-state index >= 15 is 0 Å². The number of ether oxygens (including phenoxy) is 1. The van der Waals surface area contributed by atoms with Gasteiger partial charge in [-0.05, 0) is 19.9 Å². The van der Waals surface area contributed by atoms with Crippen LogP contribution in [0.5, 0.6) is 5.88 Å². The number of halogens is 1. The van der Waals surface area contributed by atoms with Crippen LogP contribution in [0, 0.1) is 0 Å². The monoisotopic (exact) mass is 283 g/mol. The summed E-state index contributed by atoms with van der Waals surface area (Å²) in [5, 5.41) is 3.67. The van der Waals surface area contributed by atoms with Gasteiger partial charge in [-0.25, -0.2) is 4.98 Å². The third-order valence-corrected chi connectivity index (χ3v) is 3.26. The van der Waals surface area contributed by atoms with Gasteiger partial charge in [0, 0.05) is 31.9 Å². The summed E-state index contributed by atoms with van der Waals surface area (Å²) in [5.74, 6) is 0.334. The lowest BCUT2D eigenvalue weighted by atomic mass is 10.2. The summed E-state index contributed by atoms with van der Waals surface area (Å²) in [6, 6.07) is 1.93. The molecule has 1 aromatic rings. The maximum absolute atomic E-state index is 12.3. The summed E-state index contributed by atoms with van der Waals surface area (Å²) in [6.07, 6.45) is 1.52. The third-order valence-electron chi connectivity index (χ3n) is 2.99. The molecule has 19 heavy (non-hydrogen) atoms. The smallest absolute Gasteiger partial charge is 0.255 e. The number of aromatic nitrogens is 1. The van der Waals surface area contributed by atoms with Crippen LogP contribution in [0.4, 0.5) is 0 Å². The Morgan fingerprint density at radius 2 is 2.47 bits per heavy atom. The summed E-state index contributed by atoms with van der Waals surface area (Å²) >= 11 is 6.05. The molecule has 1 saturated heterocycles. The Balaban J connectivity index is 2.12. The van der Waals surface area contributed by atoms with Crippen LogP contribution in [0.3, 0.4) is 0 Å². The molecule has 0 spiro atoms. The van der Waals surface area contributed by atoms with Crippen molar-refractivity contribution in [1.82, 2.24) is 15.2 Å². The van der Waals surface area contributed by atoms with E-state index in [2.05, 4.69) is 17.2 Å². The van der Waals surface area contributed by atoms with Crippen molar-refractivity contribution in [2.45, 2.75) is 19.9 Å². The number of hydrogen-bond acceptors (Lipinski definition) is 4. The van der Waals surface area contributed by atoms with E-state index in [9.17, 15) is 4.79 Å². The fourth-order valence-electron chi connectivity index (χ4n) is 2.08. The molecule has 1 N–H and O–H groups in total. The first-order valence-corrected chi connectivity index (χ1v) is 6.80. The highest BCUT2D eigenvalue weighted by Crippen LogP contribution is 2.23. The summed E-state index contributed by atoms with van der Waals surface area (Å²) in [6.45, 7) is 6.63. The SMILES string of the molecule is CCOc1ncc(C(=O)N2CCN[C@H](C)C2)cc1Cl. The number of piperazine rings is 1. The molecule has 1 amide bonds. The molecule has 1 fully saturated rings. The zero-order valence-corrected chi connectivity index (χ0v) is 11.9. The summed E-state index contributed by atoms with van der Waals surface area (Å²) in [7, 11) is 0. The topological polar surface area (TPSA) is 54.5 Å². The predicted molar refractivity (Wildman–Crippen MR) is 73.8 cm³/mol. The first-order chi connectivity index (χ1) is 9.11. The number of amides is 1. The van der Waals surface area contributed by atoms with E-state index in [-0.39, 0.29) is 5.91 Å². The van der Waals surface area contributed by atoms with E-state index in [1.54, 1.807) is 6.07 Å². The molecule has 5 nitrogen and oxygen atoms in total. The highest BCUT2D eigenvalue weighted by atomic mass is 35.5. The molecule has 1 aliphatic rings. The normalized spacial score (nSPS) is 19.3. The van der Waals surface area contributed by atoms with Gasteiger partial charge in [0.1, 0.15) is 5.02 Å². The second kappa shape index (κ2) is 6.21. The molecule has 104 valence electrons. The highest BCUT2D eigenvalue weighted by Gasteiger charge is 2.22. The molecule has 1 aromatic heterocycles. The average molecular weight is 284 g/mol. The van der Waals surface area contributed by atoms with E-state index < -0.39 is 0 Å². The first kappa shape index (κ1) is 14.1. The number of hydrogen-bond donors (Lipinski definition) is 1. The lowest BCUT2D eigenvalue weighted by Gasteiger charge is -2.31. The van der Waals surface area contributed by atoms with Crippen LogP contribution in [0.1, 0.15) is 24.2 Å². The van der Waals surface area contributed by atoms with E-state index in [1.807, 2.05) is 11.8 Å². The molecule has 0 aromatic carbocycles. The molecule has 0 saturated carbocycles. The first-order valence-electron chi connectivity index (χ1n) is 6.42. The molecular weight excluding hydrogens is 266 g/mol. The number of nitrogens with zero attached hydrogens (tertiary/aromatic N) is 2. The van der Waals surface area contributed by atoms with E-state index in [0.29, 0.717) is 42.2 Å². The number of carbonyl (C=O) groups excluding carboxylic acids is 1. The molecule has 2 heterocycles. The van der Waals surface area contributed by atoms with Gasteiger partial charge in [-0.3, -0.25) is 4.79 Å². The van der Waals surface area contributed by atoms with Gasteiger partial charge in [0.25, 0.3) is 5.91 Å². The zero-order chi connectivity index (χ0) is 13.8. The molecule has 0 bridgehead atoms. The van der Waals surface area contributed by atoms with Crippen molar-refractivity contribution in [3.8, 4) is 5.88 Å². The van der Waals surface area contributed by atoms with Crippen LogP contribution >= 0.6 is 11.6 Å². The van der Waals surface area contributed by atoms with Gasteiger partial charge in [-0.2, -0.15) is 0 Å². The maximum atomic E-state index is 12.3. The van der Waals surface area contributed by atoms with Crippen molar-refractivity contribution >= 4 is 17.5 Å². The number of rotatable bonds is 3. The Morgan fingerprint density at radius 3 is 3.11 bits per heavy atom. The minimum absolute atomic E-state index is 0.0363. The summed E-state index contributed by atoms with van der Waals surface area (Å²) in [5.41, 5.74) is 0.502. The lowest BCUT2D eigenvalue weighted by Crippen LogP contribution is -2.51. The molecule has 0 radical (unpaired) electrons. The average Bonchev–Trinajstić information content (AvgIpc) is 2.40. The molecule has 1 aliphatic heterocycles.